The molecule has 0 radical (unpaired) electrons. The van der Waals surface area contributed by atoms with Gasteiger partial charge in [-0.05, 0) is 36.8 Å². The Bertz CT molecular complexity index is 1070. The Balaban J connectivity index is 1.43. The molecule has 140 valence electrons. The Kier molecular flexibility index (Phi) is 5.44. The predicted octanol–water partition coefficient (Wildman–Crippen LogP) is 4.87. The number of aromatic nitrogens is 2. The Labute approximate surface area is 168 Å². The summed E-state index contributed by atoms with van der Waals surface area (Å²) in [5.74, 6) is 0.655. The molecule has 0 saturated carbocycles. The van der Waals surface area contributed by atoms with E-state index < -0.39 is 0 Å². The van der Waals surface area contributed by atoms with Crippen LogP contribution >= 0.6 is 11.8 Å². The van der Waals surface area contributed by atoms with Crippen LogP contribution in [-0.2, 0) is 12.3 Å². The smallest absolute Gasteiger partial charge is 0.252 e. The molecule has 1 N–H and O–H groups in total. The topological polar surface area (TPSA) is 46.4 Å². The second kappa shape index (κ2) is 8.31. The van der Waals surface area contributed by atoms with Gasteiger partial charge in [0.05, 0.1) is 11.3 Å². The summed E-state index contributed by atoms with van der Waals surface area (Å²) >= 11 is 1.63. The largest absolute Gasteiger partial charge is 0.348 e. The van der Waals surface area contributed by atoms with Gasteiger partial charge in [0, 0.05) is 29.6 Å². The summed E-state index contributed by atoms with van der Waals surface area (Å²) in [6, 6.07) is 21.9. The number of fused-ring (bicyclic) bond motifs is 1. The highest BCUT2D eigenvalue weighted by atomic mass is 32.2. The fraction of sp³-hybridized carbons (Fsp3) is 0.130. The van der Waals surface area contributed by atoms with Crippen LogP contribution in [0, 0.1) is 6.92 Å². The molecule has 0 unspecified atom stereocenters. The van der Waals surface area contributed by atoms with Gasteiger partial charge in [-0.1, -0.05) is 48.0 Å². The molecule has 0 atom stereocenters. The zero-order valence-corrected chi connectivity index (χ0v) is 16.4. The van der Waals surface area contributed by atoms with Gasteiger partial charge >= 0.3 is 0 Å². The monoisotopic (exact) mass is 387 g/mol. The maximum absolute atomic E-state index is 12.7. The number of pyridine rings is 1. The van der Waals surface area contributed by atoms with E-state index in [0.29, 0.717) is 17.9 Å². The minimum absolute atomic E-state index is 0.0568. The Morgan fingerprint density at radius 3 is 2.64 bits per heavy atom. The zero-order chi connectivity index (χ0) is 19.3. The summed E-state index contributed by atoms with van der Waals surface area (Å²) in [6.45, 7) is 2.57. The molecular weight excluding hydrogens is 366 g/mol. The van der Waals surface area contributed by atoms with E-state index in [1.165, 1.54) is 5.56 Å². The summed E-state index contributed by atoms with van der Waals surface area (Å²) < 4.78 is 2.01. The molecule has 0 fully saturated rings. The van der Waals surface area contributed by atoms with Crippen LogP contribution < -0.4 is 5.32 Å². The van der Waals surface area contributed by atoms with Crippen LogP contribution in [-0.4, -0.2) is 15.3 Å². The van der Waals surface area contributed by atoms with Crippen molar-refractivity contribution in [3.05, 3.63) is 102 Å². The molecule has 0 saturated heterocycles. The fourth-order valence-electron chi connectivity index (χ4n) is 2.97. The first-order valence-corrected chi connectivity index (χ1v) is 10.2. The van der Waals surface area contributed by atoms with Crippen molar-refractivity contribution in [2.45, 2.75) is 24.1 Å². The first kappa shape index (κ1) is 18.3. The zero-order valence-electron chi connectivity index (χ0n) is 15.6. The predicted molar refractivity (Wildman–Crippen MR) is 114 cm³/mol. The Morgan fingerprint density at radius 2 is 1.82 bits per heavy atom. The van der Waals surface area contributed by atoms with Crippen LogP contribution in [0.25, 0.3) is 5.65 Å². The van der Waals surface area contributed by atoms with Crippen molar-refractivity contribution < 1.29 is 4.79 Å². The Morgan fingerprint density at radius 1 is 1.04 bits per heavy atom. The number of amides is 1. The van der Waals surface area contributed by atoms with E-state index in [1.807, 2.05) is 71.4 Å². The number of benzene rings is 2. The Hall–Kier alpha value is -3.05. The molecule has 4 aromatic rings. The molecule has 28 heavy (non-hydrogen) atoms. The van der Waals surface area contributed by atoms with E-state index in [9.17, 15) is 4.79 Å². The number of hydrogen-bond acceptors (Lipinski definition) is 3. The molecule has 0 aliphatic carbocycles. The number of rotatable bonds is 6. The van der Waals surface area contributed by atoms with E-state index in [-0.39, 0.29) is 5.91 Å². The quantitative estimate of drug-likeness (QED) is 0.480. The van der Waals surface area contributed by atoms with Gasteiger partial charge in [0.25, 0.3) is 5.91 Å². The van der Waals surface area contributed by atoms with Gasteiger partial charge in [0.15, 0.2) is 0 Å². The molecule has 5 heteroatoms. The SMILES string of the molecule is Cc1ccc(CNC(=O)c2ccccc2SCc2cn3ccccc3n2)cc1. The van der Waals surface area contributed by atoms with Crippen molar-refractivity contribution in [2.75, 3.05) is 0 Å². The van der Waals surface area contributed by atoms with E-state index in [2.05, 4.69) is 29.4 Å². The first-order chi connectivity index (χ1) is 13.7. The van der Waals surface area contributed by atoms with Gasteiger partial charge in [-0.15, -0.1) is 11.8 Å². The van der Waals surface area contributed by atoms with E-state index in [0.717, 1.165) is 21.8 Å². The lowest BCUT2D eigenvalue weighted by atomic mass is 10.1. The second-order valence-electron chi connectivity index (χ2n) is 6.65. The van der Waals surface area contributed by atoms with Crippen LogP contribution in [0.1, 0.15) is 27.2 Å². The molecule has 2 aromatic carbocycles. The summed E-state index contributed by atoms with van der Waals surface area (Å²) in [5.41, 5.74) is 4.93. The number of hydrogen-bond donors (Lipinski definition) is 1. The molecule has 2 heterocycles. The first-order valence-electron chi connectivity index (χ1n) is 9.17. The van der Waals surface area contributed by atoms with Crippen molar-refractivity contribution in [3.63, 3.8) is 0 Å². The number of nitrogens with zero attached hydrogens (tertiary/aromatic N) is 2. The lowest BCUT2D eigenvalue weighted by Crippen LogP contribution is -2.23. The van der Waals surface area contributed by atoms with Gasteiger partial charge in [-0.25, -0.2) is 4.98 Å². The van der Waals surface area contributed by atoms with Crippen molar-refractivity contribution in [1.29, 1.82) is 0 Å². The highest BCUT2D eigenvalue weighted by Gasteiger charge is 2.12. The average Bonchev–Trinajstić information content (AvgIpc) is 3.15. The van der Waals surface area contributed by atoms with Gasteiger partial charge in [0.2, 0.25) is 0 Å². The van der Waals surface area contributed by atoms with Gasteiger partial charge in [-0.3, -0.25) is 4.79 Å². The molecule has 0 aliphatic heterocycles. The number of thioether (sulfide) groups is 1. The normalized spacial score (nSPS) is 10.9. The highest BCUT2D eigenvalue weighted by Crippen LogP contribution is 2.26. The van der Waals surface area contributed by atoms with Crippen molar-refractivity contribution >= 4 is 23.3 Å². The van der Waals surface area contributed by atoms with Crippen LogP contribution in [0.3, 0.4) is 0 Å². The summed E-state index contributed by atoms with van der Waals surface area (Å²) in [5, 5.41) is 3.02. The third-order valence-electron chi connectivity index (χ3n) is 4.49. The van der Waals surface area contributed by atoms with Crippen molar-refractivity contribution in [2.24, 2.45) is 0 Å². The third-order valence-corrected chi connectivity index (χ3v) is 5.60. The number of nitrogens with one attached hydrogen (secondary N) is 1. The standard InChI is InChI=1S/C23H21N3OS/c1-17-9-11-18(12-10-17)14-24-23(27)20-6-2-3-7-21(20)28-16-19-15-26-13-5-4-8-22(26)25-19/h2-13,15H,14,16H2,1H3,(H,24,27). The fourth-order valence-corrected chi connectivity index (χ4v) is 3.91. The maximum Gasteiger partial charge on any atom is 0.252 e. The summed E-state index contributed by atoms with van der Waals surface area (Å²) in [4.78, 5) is 18.3. The summed E-state index contributed by atoms with van der Waals surface area (Å²) in [7, 11) is 0. The van der Waals surface area contributed by atoms with Gasteiger partial charge in [-0.2, -0.15) is 0 Å². The van der Waals surface area contributed by atoms with E-state index >= 15 is 0 Å². The minimum atomic E-state index is -0.0568. The molecular formula is C23H21N3OS. The molecule has 2 aromatic heterocycles. The number of carbonyl (C=O) groups is 1. The number of aryl methyl sites for hydroxylation is 1. The van der Waals surface area contributed by atoms with Crippen LogP contribution in [0.4, 0.5) is 0 Å². The molecule has 1 amide bonds. The lowest BCUT2D eigenvalue weighted by Gasteiger charge is -2.10. The van der Waals surface area contributed by atoms with Crippen LogP contribution in [0.5, 0.6) is 0 Å². The van der Waals surface area contributed by atoms with Crippen molar-refractivity contribution in [3.8, 4) is 0 Å². The van der Waals surface area contributed by atoms with Crippen LogP contribution in [0.15, 0.2) is 84.0 Å². The van der Waals surface area contributed by atoms with Gasteiger partial charge < -0.3 is 9.72 Å². The number of carbonyl (C=O) groups excluding carboxylic acids is 1. The lowest BCUT2D eigenvalue weighted by molar-refractivity contribution is 0.0948. The molecule has 0 bridgehead atoms. The number of imidazole rings is 1. The van der Waals surface area contributed by atoms with Gasteiger partial charge in [0.1, 0.15) is 5.65 Å². The molecule has 4 nitrogen and oxygen atoms in total. The van der Waals surface area contributed by atoms with Crippen LogP contribution in [0.2, 0.25) is 0 Å². The van der Waals surface area contributed by atoms with E-state index in [1.54, 1.807) is 11.8 Å². The second-order valence-corrected chi connectivity index (χ2v) is 7.67. The maximum atomic E-state index is 12.7. The molecule has 4 rings (SSSR count). The van der Waals surface area contributed by atoms with E-state index in [4.69, 9.17) is 0 Å². The van der Waals surface area contributed by atoms with Crippen molar-refractivity contribution in [1.82, 2.24) is 14.7 Å². The highest BCUT2D eigenvalue weighted by molar-refractivity contribution is 7.98. The summed E-state index contributed by atoms with van der Waals surface area (Å²) in [6.07, 6.45) is 4.02. The minimum Gasteiger partial charge on any atom is -0.348 e. The average molecular weight is 388 g/mol. The third kappa shape index (κ3) is 4.26. The molecule has 0 spiro atoms. The molecule has 0 aliphatic rings.